The molecule has 2 rings (SSSR count). The highest BCUT2D eigenvalue weighted by molar-refractivity contribution is 5.32. The molecule has 1 aromatic carbocycles. The van der Waals surface area contributed by atoms with Gasteiger partial charge in [0, 0.05) is 18.7 Å². The number of nitro groups is 1. The third-order valence-electron chi connectivity index (χ3n) is 3.55. The predicted molar refractivity (Wildman–Crippen MR) is 73.3 cm³/mol. The normalized spacial score (nSPS) is 23.2. The van der Waals surface area contributed by atoms with Crippen molar-refractivity contribution in [3.63, 3.8) is 0 Å². The summed E-state index contributed by atoms with van der Waals surface area (Å²) in [5.41, 5.74) is 1.13. The lowest BCUT2D eigenvalue weighted by molar-refractivity contribution is -0.384. The molecule has 1 unspecified atom stereocenters. The van der Waals surface area contributed by atoms with E-state index in [-0.39, 0.29) is 16.2 Å². The smallest absolute Gasteiger partial charge is 0.269 e. The average Bonchev–Trinajstić information content (AvgIpc) is 2.40. The first-order chi connectivity index (χ1) is 9.09. The van der Waals surface area contributed by atoms with Crippen LogP contribution in [-0.2, 0) is 11.2 Å². The van der Waals surface area contributed by atoms with Gasteiger partial charge in [0.15, 0.2) is 0 Å². The fourth-order valence-electron chi connectivity index (χ4n) is 2.35. The van der Waals surface area contributed by atoms with Crippen LogP contribution in [-0.4, -0.2) is 30.2 Å². The number of hydrogen-bond acceptors (Lipinski definition) is 4. The molecule has 19 heavy (non-hydrogen) atoms. The summed E-state index contributed by atoms with van der Waals surface area (Å²) >= 11 is 0. The highest BCUT2D eigenvalue weighted by Gasteiger charge is 2.26. The van der Waals surface area contributed by atoms with Crippen LogP contribution < -0.4 is 5.32 Å². The van der Waals surface area contributed by atoms with Crippen LogP contribution in [0.25, 0.3) is 0 Å². The molecule has 1 saturated heterocycles. The number of nitro benzene ring substituents is 1. The molecule has 104 valence electrons. The molecule has 1 atom stereocenters. The summed E-state index contributed by atoms with van der Waals surface area (Å²) in [7, 11) is 0. The molecule has 0 bridgehead atoms. The van der Waals surface area contributed by atoms with E-state index in [1.807, 2.05) is 0 Å². The van der Waals surface area contributed by atoms with Gasteiger partial charge in [-0.05, 0) is 38.3 Å². The molecule has 1 aliphatic heterocycles. The van der Waals surface area contributed by atoms with E-state index >= 15 is 0 Å². The molecular formula is C14H20N2O3. The summed E-state index contributed by atoms with van der Waals surface area (Å²) in [4.78, 5) is 10.2. The molecule has 0 saturated carbocycles. The Kier molecular flexibility index (Phi) is 4.50. The molecule has 5 heteroatoms. The zero-order valence-corrected chi connectivity index (χ0v) is 11.2. The van der Waals surface area contributed by atoms with E-state index in [9.17, 15) is 10.1 Å². The molecule has 1 heterocycles. The van der Waals surface area contributed by atoms with Gasteiger partial charge in [-0.25, -0.2) is 0 Å². The maximum atomic E-state index is 10.5. The van der Waals surface area contributed by atoms with Crippen molar-refractivity contribution in [1.82, 2.24) is 5.32 Å². The molecule has 5 nitrogen and oxygen atoms in total. The summed E-state index contributed by atoms with van der Waals surface area (Å²) in [6.45, 7) is 4.75. The lowest BCUT2D eigenvalue weighted by atomic mass is 9.96. The van der Waals surface area contributed by atoms with Crippen molar-refractivity contribution in [3.8, 4) is 0 Å². The van der Waals surface area contributed by atoms with Gasteiger partial charge in [-0.3, -0.25) is 10.1 Å². The lowest BCUT2D eigenvalue weighted by Gasteiger charge is -2.34. The van der Waals surface area contributed by atoms with Crippen molar-refractivity contribution >= 4 is 5.69 Å². The second kappa shape index (κ2) is 6.12. The predicted octanol–water partition coefficient (Wildman–Crippen LogP) is 2.30. The molecular weight excluding hydrogens is 244 g/mol. The third-order valence-corrected chi connectivity index (χ3v) is 3.55. The van der Waals surface area contributed by atoms with Crippen molar-refractivity contribution in [2.24, 2.45) is 0 Å². The van der Waals surface area contributed by atoms with E-state index < -0.39 is 0 Å². The zero-order valence-electron chi connectivity index (χ0n) is 11.2. The van der Waals surface area contributed by atoms with Crippen molar-refractivity contribution in [1.29, 1.82) is 0 Å². The Morgan fingerprint density at radius 2 is 2.16 bits per heavy atom. The Morgan fingerprint density at radius 3 is 2.74 bits per heavy atom. The number of nitrogens with zero attached hydrogens (tertiary/aromatic N) is 1. The van der Waals surface area contributed by atoms with Gasteiger partial charge in [0.05, 0.1) is 17.1 Å². The van der Waals surface area contributed by atoms with Crippen LogP contribution in [0.2, 0.25) is 0 Å². The molecule has 0 radical (unpaired) electrons. The molecule has 0 amide bonds. The summed E-state index contributed by atoms with van der Waals surface area (Å²) in [6.07, 6.45) is 3.02. The fourth-order valence-corrected chi connectivity index (χ4v) is 2.35. The van der Waals surface area contributed by atoms with Gasteiger partial charge in [-0.1, -0.05) is 12.1 Å². The fraction of sp³-hybridized carbons (Fsp3) is 0.571. The van der Waals surface area contributed by atoms with Crippen molar-refractivity contribution in [2.45, 2.75) is 31.8 Å². The first kappa shape index (κ1) is 14.0. The number of ether oxygens (including phenoxy) is 1. The Hall–Kier alpha value is -1.46. The molecule has 0 aliphatic carbocycles. The molecule has 1 aromatic rings. The second-order valence-corrected chi connectivity index (χ2v) is 5.25. The van der Waals surface area contributed by atoms with E-state index in [1.54, 1.807) is 24.3 Å². The first-order valence-corrected chi connectivity index (χ1v) is 6.67. The number of nitrogens with one attached hydrogen (secondary N) is 1. The molecule has 1 fully saturated rings. The van der Waals surface area contributed by atoms with Crippen molar-refractivity contribution < 1.29 is 9.66 Å². The second-order valence-electron chi connectivity index (χ2n) is 5.25. The third kappa shape index (κ3) is 4.01. The van der Waals surface area contributed by atoms with E-state index in [0.717, 1.165) is 37.9 Å². The van der Waals surface area contributed by atoms with Crippen LogP contribution in [0.1, 0.15) is 25.3 Å². The van der Waals surface area contributed by atoms with Gasteiger partial charge in [0.1, 0.15) is 0 Å². The molecule has 0 aromatic heterocycles. The summed E-state index contributed by atoms with van der Waals surface area (Å²) in [5, 5.41) is 13.9. The largest absolute Gasteiger partial charge is 0.374 e. The number of piperidine rings is 1. The standard InChI is InChI=1S/C14H20N2O3/c1-14(8-2-9-15-11-14)19-10-7-12-3-5-13(6-4-12)16(17)18/h3-6,15H,2,7-11H2,1H3. The quantitative estimate of drug-likeness (QED) is 0.654. The Morgan fingerprint density at radius 1 is 1.42 bits per heavy atom. The molecule has 1 aliphatic rings. The number of rotatable bonds is 5. The highest BCUT2D eigenvalue weighted by atomic mass is 16.6. The van der Waals surface area contributed by atoms with Crippen LogP contribution in [0, 0.1) is 10.1 Å². The first-order valence-electron chi connectivity index (χ1n) is 6.67. The van der Waals surface area contributed by atoms with Crippen LogP contribution >= 0.6 is 0 Å². The van der Waals surface area contributed by atoms with Gasteiger partial charge < -0.3 is 10.1 Å². The van der Waals surface area contributed by atoms with Gasteiger partial charge in [0.25, 0.3) is 5.69 Å². The van der Waals surface area contributed by atoms with Crippen LogP contribution in [0.3, 0.4) is 0 Å². The van der Waals surface area contributed by atoms with E-state index in [0.29, 0.717) is 6.61 Å². The van der Waals surface area contributed by atoms with Crippen LogP contribution in [0.4, 0.5) is 5.69 Å². The zero-order chi connectivity index (χ0) is 13.7. The average molecular weight is 264 g/mol. The maximum absolute atomic E-state index is 10.5. The van der Waals surface area contributed by atoms with Crippen LogP contribution in [0.15, 0.2) is 24.3 Å². The minimum atomic E-state index is -0.380. The molecule has 1 N–H and O–H groups in total. The van der Waals surface area contributed by atoms with Gasteiger partial charge >= 0.3 is 0 Å². The summed E-state index contributed by atoms with van der Waals surface area (Å²) in [5.74, 6) is 0. The van der Waals surface area contributed by atoms with Crippen molar-refractivity contribution in [3.05, 3.63) is 39.9 Å². The number of hydrogen-bond donors (Lipinski definition) is 1. The van der Waals surface area contributed by atoms with Gasteiger partial charge in [-0.15, -0.1) is 0 Å². The minimum absolute atomic E-state index is 0.0704. The summed E-state index contributed by atoms with van der Waals surface area (Å²) in [6, 6.07) is 6.67. The maximum Gasteiger partial charge on any atom is 0.269 e. The van der Waals surface area contributed by atoms with E-state index in [2.05, 4.69) is 12.2 Å². The lowest BCUT2D eigenvalue weighted by Crippen LogP contribution is -2.45. The highest BCUT2D eigenvalue weighted by Crippen LogP contribution is 2.20. The van der Waals surface area contributed by atoms with E-state index in [4.69, 9.17) is 4.74 Å². The van der Waals surface area contributed by atoms with Gasteiger partial charge in [-0.2, -0.15) is 0 Å². The summed E-state index contributed by atoms with van der Waals surface area (Å²) < 4.78 is 5.96. The Balaban J connectivity index is 1.80. The van der Waals surface area contributed by atoms with E-state index in [1.165, 1.54) is 0 Å². The van der Waals surface area contributed by atoms with Crippen molar-refractivity contribution in [2.75, 3.05) is 19.7 Å². The molecule has 0 spiro atoms. The number of benzene rings is 1. The van der Waals surface area contributed by atoms with Crippen LogP contribution in [0.5, 0.6) is 0 Å². The van der Waals surface area contributed by atoms with Gasteiger partial charge in [0.2, 0.25) is 0 Å². The Bertz CT molecular complexity index is 425. The monoisotopic (exact) mass is 264 g/mol. The topological polar surface area (TPSA) is 64.4 Å². The minimum Gasteiger partial charge on any atom is -0.374 e. The number of non-ortho nitro benzene ring substituents is 1. The SMILES string of the molecule is CC1(OCCc2ccc([N+](=O)[O-])cc2)CCCNC1. The Labute approximate surface area is 113 Å².